The van der Waals surface area contributed by atoms with Crippen molar-refractivity contribution in [2.24, 2.45) is 5.73 Å². The van der Waals surface area contributed by atoms with Crippen LogP contribution in [0.4, 0.5) is 0 Å². The summed E-state index contributed by atoms with van der Waals surface area (Å²) in [6.45, 7) is 3.88. The number of amides is 1. The van der Waals surface area contributed by atoms with Gasteiger partial charge in [0.05, 0.1) is 17.5 Å². The van der Waals surface area contributed by atoms with E-state index in [-0.39, 0.29) is 5.91 Å². The van der Waals surface area contributed by atoms with Crippen molar-refractivity contribution in [1.29, 1.82) is 0 Å². The summed E-state index contributed by atoms with van der Waals surface area (Å²) >= 11 is 3.44. The van der Waals surface area contributed by atoms with Crippen molar-refractivity contribution in [3.05, 3.63) is 22.2 Å². The second-order valence-electron chi connectivity index (χ2n) is 5.01. The predicted molar refractivity (Wildman–Crippen MR) is 72.0 cm³/mol. The number of carbonyl (C=O) groups excluding carboxylic acids is 1. The monoisotopic (exact) mass is 313 g/mol. The Morgan fingerprint density at radius 1 is 1.56 bits per heavy atom. The quantitative estimate of drug-likeness (QED) is 0.912. The third kappa shape index (κ3) is 2.19. The van der Waals surface area contributed by atoms with Crippen LogP contribution in [0.1, 0.15) is 31.7 Å². The van der Waals surface area contributed by atoms with E-state index in [1.165, 1.54) is 0 Å². The number of hydrogen-bond acceptors (Lipinski definition) is 3. The lowest BCUT2D eigenvalue weighted by atomic mass is 9.83. The van der Waals surface area contributed by atoms with E-state index >= 15 is 0 Å². The van der Waals surface area contributed by atoms with Gasteiger partial charge in [0, 0.05) is 12.0 Å². The minimum atomic E-state index is -0.429. The Hall–Kier alpha value is -1.23. The molecule has 1 aromatic rings. The third-order valence-electron chi connectivity index (χ3n) is 3.09. The Morgan fingerprint density at radius 3 is 2.78 bits per heavy atom. The summed E-state index contributed by atoms with van der Waals surface area (Å²) < 4.78 is 12.0. The first kappa shape index (κ1) is 13.2. The molecule has 1 unspecified atom stereocenters. The van der Waals surface area contributed by atoms with Gasteiger partial charge in [-0.2, -0.15) is 0 Å². The smallest absolute Gasteiger partial charge is 0.225 e. The lowest BCUT2D eigenvalue weighted by molar-refractivity contribution is -0.121. The Bertz CT molecular complexity index is 499. The average molecular weight is 314 g/mol. The first-order chi connectivity index (χ1) is 8.35. The zero-order valence-corrected chi connectivity index (χ0v) is 12.2. The van der Waals surface area contributed by atoms with Crippen molar-refractivity contribution in [3.63, 3.8) is 0 Å². The molecule has 0 saturated carbocycles. The molecule has 4 nitrogen and oxygen atoms in total. The van der Waals surface area contributed by atoms with Crippen LogP contribution in [0, 0.1) is 0 Å². The highest BCUT2D eigenvalue weighted by molar-refractivity contribution is 9.10. The Kier molecular flexibility index (Phi) is 3.27. The van der Waals surface area contributed by atoms with Gasteiger partial charge in [-0.05, 0) is 41.9 Å². The molecule has 1 aliphatic rings. The normalized spacial score (nSPS) is 20.8. The predicted octanol–water partition coefficient (Wildman–Crippen LogP) is 2.59. The highest BCUT2D eigenvalue weighted by atomic mass is 79.9. The Labute approximate surface area is 115 Å². The van der Waals surface area contributed by atoms with Gasteiger partial charge < -0.3 is 15.2 Å². The lowest BCUT2D eigenvalue weighted by Gasteiger charge is -2.37. The van der Waals surface area contributed by atoms with Crippen LogP contribution in [-0.4, -0.2) is 18.6 Å². The fourth-order valence-electron chi connectivity index (χ4n) is 2.32. The van der Waals surface area contributed by atoms with Gasteiger partial charge in [0.25, 0.3) is 0 Å². The molecule has 0 radical (unpaired) electrons. The van der Waals surface area contributed by atoms with Gasteiger partial charge in [-0.25, -0.2) is 0 Å². The van der Waals surface area contributed by atoms with Gasteiger partial charge in [-0.3, -0.25) is 4.79 Å². The number of fused-ring (bicyclic) bond motifs is 1. The van der Waals surface area contributed by atoms with Gasteiger partial charge in [0.15, 0.2) is 0 Å². The number of primary amides is 1. The summed E-state index contributed by atoms with van der Waals surface area (Å²) in [5.74, 6) is 0.530. The van der Waals surface area contributed by atoms with Gasteiger partial charge in [0.2, 0.25) is 5.91 Å². The molecule has 0 spiro atoms. The second kappa shape index (κ2) is 4.46. The van der Waals surface area contributed by atoms with Gasteiger partial charge in [0.1, 0.15) is 17.1 Å². The molecule has 0 aliphatic carbocycles. The van der Waals surface area contributed by atoms with Crippen molar-refractivity contribution < 1.29 is 14.3 Å². The summed E-state index contributed by atoms with van der Waals surface area (Å²) in [6.07, 6.45) is 0.544. The van der Waals surface area contributed by atoms with Crippen LogP contribution in [0.15, 0.2) is 16.6 Å². The van der Waals surface area contributed by atoms with Crippen LogP contribution in [0.5, 0.6) is 11.5 Å². The van der Waals surface area contributed by atoms with Crippen LogP contribution in [0.2, 0.25) is 0 Å². The van der Waals surface area contributed by atoms with Crippen molar-refractivity contribution >= 4 is 21.8 Å². The van der Waals surface area contributed by atoms with Gasteiger partial charge in [-0.15, -0.1) is 0 Å². The molecule has 2 rings (SSSR count). The lowest BCUT2D eigenvalue weighted by Crippen LogP contribution is -2.39. The topological polar surface area (TPSA) is 61.5 Å². The number of benzene rings is 1. The molecular weight excluding hydrogens is 298 g/mol. The molecule has 18 heavy (non-hydrogen) atoms. The highest BCUT2D eigenvalue weighted by Gasteiger charge is 2.39. The number of ether oxygens (including phenoxy) is 2. The molecule has 98 valence electrons. The van der Waals surface area contributed by atoms with Crippen LogP contribution >= 0.6 is 15.9 Å². The molecular formula is C13H16BrNO3. The zero-order chi connectivity index (χ0) is 13.5. The maximum Gasteiger partial charge on any atom is 0.225 e. The van der Waals surface area contributed by atoms with E-state index in [1.807, 2.05) is 19.9 Å². The molecule has 0 bridgehead atoms. The van der Waals surface area contributed by atoms with Crippen LogP contribution < -0.4 is 15.2 Å². The summed E-state index contributed by atoms with van der Waals surface area (Å²) in [5, 5.41) is 0. The van der Waals surface area contributed by atoms with Gasteiger partial charge in [-0.1, -0.05) is 0 Å². The van der Waals surface area contributed by atoms with Crippen LogP contribution in [0.25, 0.3) is 0 Å². The maximum atomic E-state index is 11.7. The summed E-state index contributed by atoms with van der Waals surface area (Å²) in [5.41, 5.74) is 5.82. The van der Waals surface area contributed by atoms with E-state index < -0.39 is 11.5 Å². The third-order valence-corrected chi connectivity index (χ3v) is 3.72. The minimum absolute atomic E-state index is 0.357. The number of nitrogens with two attached hydrogens (primary N) is 1. The number of rotatable bonds is 2. The average Bonchev–Trinajstić information content (AvgIpc) is 2.28. The summed E-state index contributed by atoms with van der Waals surface area (Å²) in [4.78, 5) is 11.7. The molecule has 2 N–H and O–H groups in total. The van der Waals surface area contributed by atoms with E-state index in [4.69, 9.17) is 15.2 Å². The fraction of sp³-hybridized carbons (Fsp3) is 0.462. The number of carbonyl (C=O) groups is 1. The molecule has 5 heteroatoms. The molecule has 1 amide bonds. The summed E-state index contributed by atoms with van der Waals surface area (Å²) in [7, 11) is 1.57. The Morgan fingerprint density at radius 2 is 2.22 bits per heavy atom. The number of halogens is 1. The molecule has 0 fully saturated rings. The van der Waals surface area contributed by atoms with E-state index in [1.54, 1.807) is 13.2 Å². The van der Waals surface area contributed by atoms with Gasteiger partial charge >= 0.3 is 0 Å². The molecule has 1 aromatic carbocycles. The Balaban J connectivity index is 2.65. The van der Waals surface area contributed by atoms with Crippen molar-refractivity contribution in [1.82, 2.24) is 0 Å². The first-order valence-corrected chi connectivity index (χ1v) is 6.50. The van der Waals surface area contributed by atoms with Crippen molar-refractivity contribution in [2.45, 2.75) is 31.8 Å². The number of methoxy groups -OCH3 is 1. The molecule has 1 heterocycles. The number of hydrogen-bond donors (Lipinski definition) is 1. The highest BCUT2D eigenvalue weighted by Crippen LogP contribution is 2.48. The SMILES string of the molecule is COc1ccc(Br)c2c1C(C(N)=O)CC(C)(C)O2. The molecule has 1 atom stereocenters. The molecule has 0 aromatic heterocycles. The first-order valence-electron chi connectivity index (χ1n) is 5.70. The zero-order valence-electron chi connectivity index (χ0n) is 10.6. The van der Waals surface area contributed by atoms with Crippen molar-refractivity contribution in [2.75, 3.05) is 7.11 Å². The van der Waals surface area contributed by atoms with E-state index in [0.29, 0.717) is 17.9 Å². The summed E-state index contributed by atoms with van der Waals surface area (Å²) in [6, 6.07) is 3.65. The van der Waals surface area contributed by atoms with Crippen LogP contribution in [-0.2, 0) is 4.79 Å². The largest absolute Gasteiger partial charge is 0.496 e. The standard InChI is InChI=1S/C13H16BrNO3/c1-13(2)6-7(12(15)16)10-9(17-3)5-4-8(14)11(10)18-13/h4-5,7H,6H2,1-3H3,(H2,15,16). The molecule has 1 aliphatic heterocycles. The second-order valence-corrected chi connectivity index (χ2v) is 5.87. The van der Waals surface area contributed by atoms with E-state index in [0.717, 1.165) is 10.0 Å². The molecule has 0 saturated heterocycles. The van der Waals surface area contributed by atoms with Crippen molar-refractivity contribution in [3.8, 4) is 11.5 Å². The van der Waals surface area contributed by atoms with E-state index in [2.05, 4.69) is 15.9 Å². The maximum absolute atomic E-state index is 11.7. The van der Waals surface area contributed by atoms with E-state index in [9.17, 15) is 4.79 Å². The minimum Gasteiger partial charge on any atom is -0.496 e. The fourth-order valence-corrected chi connectivity index (χ4v) is 2.75. The van der Waals surface area contributed by atoms with Crippen LogP contribution in [0.3, 0.4) is 0 Å².